The van der Waals surface area contributed by atoms with Gasteiger partial charge in [0.25, 0.3) is 0 Å². The number of hydrogen-bond acceptors (Lipinski definition) is 10. The first-order valence-corrected chi connectivity index (χ1v) is 19.6. The van der Waals surface area contributed by atoms with Crippen molar-refractivity contribution >= 4 is 29.8 Å². The van der Waals surface area contributed by atoms with Crippen LogP contribution in [0.25, 0.3) is 6.08 Å². The molecular formula is C42H58N2O10. The SMILES string of the molecule is CC(C)(C)OC(=O)CCC(CO)NC(=O)CCNC(=O)C1=CC2OCOC2C(OC(=O)c2ccccc2C=C2CCC3OC3(C)CCC3C2CC3(C)C)C1. The first-order chi connectivity index (χ1) is 25.5. The number of carbonyl (C=O) groups is 4. The Labute approximate surface area is 318 Å². The Morgan fingerprint density at radius 1 is 1.07 bits per heavy atom. The van der Waals surface area contributed by atoms with Gasteiger partial charge in [-0.2, -0.15) is 0 Å². The monoisotopic (exact) mass is 750 g/mol. The van der Waals surface area contributed by atoms with Crippen molar-refractivity contribution in [3.8, 4) is 0 Å². The summed E-state index contributed by atoms with van der Waals surface area (Å²) in [7, 11) is 0. The Hall–Kier alpha value is -3.58. The van der Waals surface area contributed by atoms with Gasteiger partial charge in [-0.05, 0) is 101 Å². The van der Waals surface area contributed by atoms with E-state index in [-0.39, 0.29) is 68.7 Å². The highest BCUT2D eigenvalue weighted by Gasteiger charge is 2.56. The highest BCUT2D eigenvalue weighted by molar-refractivity contribution is 5.95. The molecule has 6 rings (SSSR count). The maximum Gasteiger partial charge on any atom is 0.339 e. The zero-order valence-corrected chi connectivity index (χ0v) is 32.6. The summed E-state index contributed by atoms with van der Waals surface area (Å²) in [6.07, 6.45) is 7.89. The first-order valence-electron chi connectivity index (χ1n) is 19.6. The van der Waals surface area contributed by atoms with Crippen LogP contribution >= 0.6 is 0 Å². The van der Waals surface area contributed by atoms with Crippen LogP contribution in [-0.4, -0.2) is 90.5 Å². The summed E-state index contributed by atoms with van der Waals surface area (Å²) >= 11 is 0. The highest BCUT2D eigenvalue weighted by Crippen LogP contribution is 2.59. The summed E-state index contributed by atoms with van der Waals surface area (Å²) in [4.78, 5) is 51.8. The van der Waals surface area contributed by atoms with Crippen molar-refractivity contribution in [2.75, 3.05) is 19.9 Å². The van der Waals surface area contributed by atoms with Gasteiger partial charge in [0.05, 0.1) is 29.9 Å². The summed E-state index contributed by atoms with van der Waals surface area (Å²) in [5, 5.41) is 15.2. The van der Waals surface area contributed by atoms with E-state index in [9.17, 15) is 24.3 Å². The lowest BCUT2D eigenvalue weighted by molar-refractivity contribution is -0.155. The van der Waals surface area contributed by atoms with Gasteiger partial charge in [0, 0.05) is 31.4 Å². The smallest absolute Gasteiger partial charge is 0.339 e. The molecule has 3 aliphatic carbocycles. The van der Waals surface area contributed by atoms with Gasteiger partial charge in [0.15, 0.2) is 0 Å². The Morgan fingerprint density at radius 3 is 2.59 bits per heavy atom. The van der Waals surface area contributed by atoms with Crippen LogP contribution in [0, 0.1) is 17.3 Å². The Bertz CT molecular complexity index is 1640. The van der Waals surface area contributed by atoms with Gasteiger partial charge in [0.1, 0.15) is 30.7 Å². The lowest BCUT2D eigenvalue weighted by atomic mass is 9.52. The number of ether oxygens (including phenoxy) is 5. The number of epoxide rings is 1. The van der Waals surface area contributed by atoms with Crippen molar-refractivity contribution < 1.29 is 48.0 Å². The highest BCUT2D eigenvalue weighted by atomic mass is 16.7. The molecule has 0 aromatic heterocycles. The van der Waals surface area contributed by atoms with Crippen LogP contribution in [0.4, 0.5) is 0 Å². The fourth-order valence-corrected chi connectivity index (χ4v) is 8.74. The normalized spacial score (nSPS) is 31.1. The quantitative estimate of drug-likeness (QED) is 0.192. The van der Waals surface area contributed by atoms with Crippen molar-refractivity contribution in [2.24, 2.45) is 17.3 Å². The lowest BCUT2D eigenvalue weighted by Crippen LogP contribution is -2.45. The van der Waals surface area contributed by atoms with Crippen LogP contribution < -0.4 is 10.6 Å². The van der Waals surface area contributed by atoms with Crippen LogP contribution in [0.2, 0.25) is 0 Å². The van der Waals surface area contributed by atoms with Gasteiger partial charge in [-0.3, -0.25) is 14.4 Å². The van der Waals surface area contributed by atoms with Gasteiger partial charge < -0.3 is 39.4 Å². The second-order valence-electron chi connectivity index (χ2n) is 17.5. The molecule has 5 aliphatic rings. The molecule has 12 nitrogen and oxygen atoms in total. The molecule has 3 N–H and O–H groups in total. The number of aliphatic hydroxyl groups is 1. The number of aliphatic hydroxyl groups excluding tert-OH is 1. The van der Waals surface area contributed by atoms with Crippen LogP contribution in [-0.2, 0) is 38.1 Å². The van der Waals surface area contributed by atoms with E-state index in [1.54, 1.807) is 32.9 Å². The Kier molecular flexibility index (Phi) is 12.1. The largest absolute Gasteiger partial charge is 0.460 e. The maximum absolute atomic E-state index is 13.9. The second-order valence-corrected chi connectivity index (χ2v) is 17.5. The van der Waals surface area contributed by atoms with Crippen LogP contribution in [0.15, 0.2) is 41.5 Å². The van der Waals surface area contributed by atoms with E-state index in [0.29, 0.717) is 23.0 Å². The van der Waals surface area contributed by atoms with E-state index in [0.717, 1.165) is 37.7 Å². The molecule has 2 amide bonds. The van der Waals surface area contributed by atoms with Crippen LogP contribution in [0.1, 0.15) is 115 Å². The third-order valence-corrected chi connectivity index (χ3v) is 11.8. The van der Waals surface area contributed by atoms with E-state index in [4.69, 9.17) is 23.7 Å². The average Bonchev–Trinajstić information content (AvgIpc) is 3.47. The van der Waals surface area contributed by atoms with E-state index < -0.39 is 47.8 Å². The number of hydrogen-bond donors (Lipinski definition) is 3. The first kappa shape index (κ1) is 40.1. The van der Waals surface area contributed by atoms with E-state index in [1.807, 2.05) is 18.2 Å². The molecule has 2 aliphatic heterocycles. The van der Waals surface area contributed by atoms with Crippen molar-refractivity contribution in [2.45, 2.75) is 141 Å². The summed E-state index contributed by atoms with van der Waals surface area (Å²) in [6.45, 7) is 12.0. The molecule has 1 aromatic rings. The standard InChI is InChI=1S/C42H58N2O10/c1-40(2,3)54-36(47)14-12-28(23-45)44-35(46)16-18-43-38(48)27-20-32-37(51-24-50-32)33(21-27)52-39(49)29-10-8-7-9-25(29)19-26-11-13-34-42(6,53-34)17-15-31-30(26)22-41(31,4)5/h7-10,19-20,28,30-34,37,45H,11-18,21-24H2,1-6H3,(H,43,48)(H,44,46). The number of rotatable bonds is 12. The number of allylic oxidation sites excluding steroid dienone is 1. The van der Waals surface area contributed by atoms with Crippen LogP contribution in [0.3, 0.4) is 0 Å². The molecule has 12 heteroatoms. The van der Waals surface area contributed by atoms with Crippen molar-refractivity contribution in [3.63, 3.8) is 0 Å². The summed E-state index contributed by atoms with van der Waals surface area (Å²) in [6, 6.07) is 6.89. The van der Waals surface area contributed by atoms with Crippen molar-refractivity contribution in [1.29, 1.82) is 0 Å². The number of carbonyl (C=O) groups excluding carboxylic acids is 4. The number of amides is 2. The average molecular weight is 751 g/mol. The molecule has 4 fully saturated rings. The predicted octanol–water partition coefficient (Wildman–Crippen LogP) is 5.17. The summed E-state index contributed by atoms with van der Waals surface area (Å²) in [5.74, 6) is -0.635. The number of fused-ring (bicyclic) bond motifs is 3. The molecule has 8 atom stereocenters. The van der Waals surface area contributed by atoms with Gasteiger partial charge in [-0.25, -0.2) is 4.79 Å². The van der Waals surface area contributed by atoms with Crippen LogP contribution in [0.5, 0.6) is 0 Å². The van der Waals surface area contributed by atoms with E-state index >= 15 is 0 Å². The Morgan fingerprint density at radius 2 is 1.85 bits per heavy atom. The number of esters is 2. The minimum Gasteiger partial charge on any atom is -0.460 e. The Balaban J connectivity index is 1.05. The molecular weight excluding hydrogens is 692 g/mol. The molecule has 0 spiro atoms. The number of benzene rings is 1. The molecule has 0 bridgehead atoms. The molecule has 8 unspecified atom stereocenters. The molecule has 2 saturated carbocycles. The van der Waals surface area contributed by atoms with E-state index in [1.165, 1.54) is 5.57 Å². The molecule has 54 heavy (non-hydrogen) atoms. The minimum atomic E-state index is -0.763. The third kappa shape index (κ3) is 9.61. The molecule has 296 valence electrons. The fourth-order valence-electron chi connectivity index (χ4n) is 8.74. The zero-order chi connectivity index (χ0) is 38.8. The molecule has 1 aromatic carbocycles. The fraction of sp³-hybridized carbons (Fsp3) is 0.667. The topological polar surface area (TPSA) is 162 Å². The minimum absolute atomic E-state index is 0.00835. The number of nitrogens with one attached hydrogen (secondary N) is 2. The molecule has 2 heterocycles. The summed E-state index contributed by atoms with van der Waals surface area (Å²) < 4.78 is 29.1. The maximum atomic E-state index is 13.9. The second kappa shape index (κ2) is 16.3. The molecule has 2 saturated heterocycles. The van der Waals surface area contributed by atoms with Crippen molar-refractivity contribution in [3.05, 3.63) is 52.6 Å². The van der Waals surface area contributed by atoms with Gasteiger partial charge in [-0.15, -0.1) is 0 Å². The third-order valence-electron chi connectivity index (χ3n) is 11.8. The molecule has 0 radical (unpaired) electrons. The zero-order valence-electron chi connectivity index (χ0n) is 32.6. The van der Waals surface area contributed by atoms with Gasteiger partial charge in [0.2, 0.25) is 11.8 Å². The van der Waals surface area contributed by atoms with Gasteiger partial charge in [-0.1, -0.05) is 43.7 Å². The lowest BCUT2D eigenvalue weighted by Gasteiger charge is -2.53. The van der Waals surface area contributed by atoms with E-state index in [2.05, 4.69) is 37.5 Å². The van der Waals surface area contributed by atoms with Gasteiger partial charge >= 0.3 is 11.9 Å². The predicted molar refractivity (Wildman–Crippen MR) is 200 cm³/mol. The van der Waals surface area contributed by atoms with Crippen molar-refractivity contribution in [1.82, 2.24) is 10.6 Å². The summed E-state index contributed by atoms with van der Waals surface area (Å²) in [5.41, 5.74) is 2.66.